The molecule has 2 heterocycles. The van der Waals surface area contributed by atoms with E-state index in [0.717, 1.165) is 22.5 Å². The Morgan fingerprint density at radius 1 is 1.42 bits per heavy atom. The van der Waals surface area contributed by atoms with Crippen molar-refractivity contribution in [3.05, 3.63) is 32.6 Å². The van der Waals surface area contributed by atoms with E-state index in [2.05, 4.69) is 30.9 Å². The maximum Gasteiger partial charge on any atom is 0.217 e. The molecule has 0 aromatic carbocycles. The van der Waals surface area contributed by atoms with Gasteiger partial charge in [0.25, 0.3) is 0 Å². The second kappa shape index (κ2) is 5.54. The molecule has 2 aromatic heterocycles. The molecule has 0 spiro atoms. The fourth-order valence-electron chi connectivity index (χ4n) is 1.83. The van der Waals surface area contributed by atoms with E-state index in [9.17, 15) is 0 Å². The normalized spacial score (nSPS) is 14.6. The predicted octanol–water partition coefficient (Wildman–Crippen LogP) is 3.50. The van der Waals surface area contributed by atoms with Crippen LogP contribution in [0.25, 0.3) is 0 Å². The van der Waals surface area contributed by atoms with Crippen molar-refractivity contribution in [2.24, 2.45) is 0 Å². The highest BCUT2D eigenvalue weighted by Gasteiger charge is 2.27. The third-order valence-electron chi connectivity index (χ3n) is 3.06. The molecule has 0 amide bonds. The number of aromatic nitrogens is 3. The summed E-state index contributed by atoms with van der Waals surface area (Å²) in [5, 5.41) is 0. The highest BCUT2D eigenvalue weighted by atomic mass is 79.9. The molecular weight excluding hydrogens is 326 g/mol. The van der Waals surface area contributed by atoms with E-state index in [4.69, 9.17) is 4.74 Å². The Morgan fingerprint density at radius 2 is 2.26 bits per heavy atom. The Hall–Kier alpha value is -1.01. The number of nitrogens with zero attached hydrogens (tertiary/aromatic N) is 3. The molecule has 100 valence electrons. The number of thiazole rings is 1. The summed E-state index contributed by atoms with van der Waals surface area (Å²) in [5.74, 6) is 2.09. The molecule has 0 bridgehead atoms. The van der Waals surface area contributed by atoms with Crippen LogP contribution in [0.15, 0.2) is 16.2 Å². The zero-order valence-corrected chi connectivity index (χ0v) is 13.0. The summed E-state index contributed by atoms with van der Waals surface area (Å²) in [7, 11) is 0. The summed E-state index contributed by atoms with van der Waals surface area (Å²) in [4.78, 5) is 14.4. The monoisotopic (exact) mass is 339 g/mol. The minimum Gasteiger partial charge on any atom is -0.477 e. The summed E-state index contributed by atoms with van der Waals surface area (Å²) in [6, 6.07) is 1.82. The lowest BCUT2D eigenvalue weighted by Gasteiger charge is -2.06. The lowest BCUT2D eigenvalue weighted by atomic mass is 10.3. The second-order valence-corrected chi connectivity index (χ2v) is 6.37. The third-order valence-corrected chi connectivity index (χ3v) is 4.46. The summed E-state index contributed by atoms with van der Waals surface area (Å²) in [5.41, 5.74) is 2.97. The van der Waals surface area contributed by atoms with E-state index in [1.54, 1.807) is 11.3 Å². The van der Waals surface area contributed by atoms with Gasteiger partial charge in [-0.05, 0) is 35.7 Å². The van der Waals surface area contributed by atoms with Crippen LogP contribution in [0.5, 0.6) is 5.88 Å². The van der Waals surface area contributed by atoms with Gasteiger partial charge in [0.05, 0.1) is 17.8 Å². The largest absolute Gasteiger partial charge is 0.477 e. The first kappa shape index (κ1) is 13.0. The average Bonchev–Trinajstić information content (AvgIpc) is 3.14. The van der Waals surface area contributed by atoms with E-state index >= 15 is 0 Å². The molecule has 2 aromatic rings. The van der Waals surface area contributed by atoms with Gasteiger partial charge in [0.15, 0.2) is 0 Å². The summed E-state index contributed by atoms with van der Waals surface area (Å²) in [6.45, 7) is 2.65. The van der Waals surface area contributed by atoms with Crippen molar-refractivity contribution >= 4 is 27.3 Å². The quantitative estimate of drug-likeness (QED) is 0.782. The molecule has 1 aliphatic carbocycles. The highest BCUT2D eigenvalue weighted by molar-refractivity contribution is 9.10. The van der Waals surface area contributed by atoms with E-state index < -0.39 is 0 Å². The molecule has 0 radical (unpaired) electrons. The summed E-state index contributed by atoms with van der Waals surface area (Å²) in [6.07, 6.45) is 3.25. The van der Waals surface area contributed by atoms with Crippen LogP contribution in [0.4, 0.5) is 0 Å². The molecule has 4 nitrogen and oxygen atoms in total. The number of hydrogen-bond acceptors (Lipinski definition) is 5. The predicted molar refractivity (Wildman–Crippen MR) is 77.8 cm³/mol. The third kappa shape index (κ3) is 3.30. The minimum atomic E-state index is 0.531. The van der Waals surface area contributed by atoms with Gasteiger partial charge in [-0.2, -0.15) is 4.98 Å². The zero-order valence-electron chi connectivity index (χ0n) is 10.6. The van der Waals surface area contributed by atoms with Crippen molar-refractivity contribution in [2.45, 2.75) is 32.1 Å². The van der Waals surface area contributed by atoms with Crippen LogP contribution in [-0.2, 0) is 6.42 Å². The van der Waals surface area contributed by atoms with Gasteiger partial charge >= 0.3 is 0 Å². The Morgan fingerprint density at radius 3 is 2.95 bits per heavy atom. The van der Waals surface area contributed by atoms with Gasteiger partial charge < -0.3 is 4.74 Å². The smallest absolute Gasteiger partial charge is 0.217 e. The number of aryl methyl sites for hydroxylation is 1. The maximum atomic E-state index is 5.73. The molecule has 1 fully saturated rings. The van der Waals surface area contributed by atoms with Crippen LogP contribution in [-0.4, -0.2) is 21.6 Å². The molecular formula is C13H14BrN3OS. The van der Waals surface area contributed by atoms with Crippen LogP contribution in [0.3, 0.4) is 0 Å². The second-order valence-electron chi connectivity index (χ2n) is 4.62. The molecule has 6 heteroatoms. The van der Waals surface area contributed by atoms with E-state index in [-0.39, 0.29) is 0 Å². The fraction of sp³-hybridized carbons (Fsp3) is 0.462. The molecule has 19 heavy (non-hydrogen) atoms. The Balaban J connectivity index is 1.62. The number of halogens is 1. The van der Waals surface area contributed by atoms with Gasteiger partial charge in [0.1, 0.15) is 10.4 Å². The molecule has 0 unspecified atom stereocenters. The standard InChI is InChI=1S/C13H14BrN3OS/c1-8-10(19-7-15-8)4-5-18-12-6-11(14)16-13(17-12)9-2-3-9/h6-7,9H,2-5H2,1H3. The van der Waals surface area contributed by atoms with Crippen molar-refractivity contribution in [2.75, 3.05) is 6.61 Å². The topological polar surface area (TPSA) is 47.9 Å². The number of rotatable bonds is 5. The van der Waals surface area contributed by atoms with Gasteiger partial charge in [-0.3, -0.25) is 0 Å². The summed E-state index contributed by atoms with van der Waals surface area (Å²) >= 11 is 5.09. The van der Waals surface area contributed by atoms with Crippen LogP contribution in [0, 0.1) is 6.92 Å². The van der Waals surface area contributed by atoms with Crippen LogP contribution in [0.1, 0.15) is 35.2 Å². The van der Waals surface area contributed by atoms with Gasteiger partial charge in [-0.15, -0.1) is 11.3 Å². The first-order chi connectivity index (χ1) is 9.22. The molecule has 1 saturated carbocycles. The van der Waals surface area contributed by atoms with E-state index in [1.807, 2.05) is 18.5 Å². The van der Waals surface area contributed by atoms with E-state index in [1.165, 1.54) is 17.7 Å². The first-order valence-electron chi connectivity index (χ1n) is 6.28. The van der Waals surface area contributed by atoms with E-state index in [0.29, 0.717) is 18.4 Å². The first-order valence-corrected chi connectivity index (χ1v) is 7.96. The molecule has 0 aliphatic heterocycles. The molecule has 1 aliphatic rings. The Bertz CT molecular complexity index is 583. The van der Waals surface area contributed by atoms with Crippen molar-refractivity contribution in [3.63, 3.8) is 0 Å². The molecule has 3 rings (SSSR count). The molecule has 0 N–H and O–H groups in total. The summed E-state index contributed by atoms with van der Waals surface area (Å²) < 4.78 is 6.53. The van der Waals surface area contributed by atoms with Gasteiger partial charge in [-0.25, -0.2) is 9.97 Å². The zero-order chi connectivity index (χ0) is 13.2. The van der Waals surface area contributed by atoms with Crippen molar-refractivity contribution in [3.8, 4) is 5.88 Å². The average molecular weight is 340 g/mol. The lowest BCUT2D eigenvalue weighted by Crippen LogP contribution is -2.04. The van der Waals surface area contributed by atoms with Crippen molar-refractivity contribution in [1.82, 2.24) is 15.0 Å². The van der Waals surface area contributed by atoms with Gasteiger partial charge in [0, 0.05) is 23.3 Å². The highest BCUT2D eigenvalue weighted by Crippen LogP contribution is 2.39. The van der Waals surface area contributed by atoms with Crippen LogP contribution in [0.2, 0.25) is 0 Å². The molecule has 0 atom stereocenters. The van der Waals surface area contributed by atoms with Gasteiger partial charge in [0.2, 0.25) is 5.88 Å². The minimum absolute atomic E-state index is 0.531. The Kier molecular flexibility index (Phi) is 3.79. The van der Waals surface area contributed by atoms with Gasteiger partial charge in [-0.1, -0.05) is 0 Å². The SMILES string of the molecule is Cc1ncsc1CCOc1cc(Br)nc(C2CC2)n1. The maximum absolute atomic E-state index is 5.73. The number of hydrogen-bond donors (Lipinski definition) is 0. The van der Waals surface area contributed by atoms with Crippen molar-refractivity contribution in [1.29, 1.82) is 0 Å². The van der Waals surface area contributed by atoms with Crippen molar-refractivity contribution < 1.29 is 4.74 Å². The molecule has 0 saturated heterocycles. The Labute approximate surface area is 124 Å². The lowest BCUT2D eigenvalue weighted by molar-refractivity contribution is 0.308. The van der Waals surface area contributed by atoms with Crippen LogP contribution >= 0.6 is 27.3 Å². The number of ether oxygens (including phenoxy) is 1. The van der Waals surface area contributed by atoms with Crippen LogP contribution < -0.4 is 4.74 Å². The fourth-order valence-corrected chi connectivity index (χ4v) is 2.97.